The smallest absolute Gasteiger partial charge is 0.431 e. The molecular weight excluding hydrogens is 310 g/mol. The van der Waals surface area contributed by atoms with Crippen molar-refractivity contribution in [3.05, 3.63) is 28.4 Å². The first-order valence-corrected chi connectivity index (χ1v) is 7.54. The molecule has 0 atom stereocenters. The van der Waals surface area contributed by atoms with Gasteiger partial charge in [-0.2, -0.15) is 10.6 Å². The number of hydrogen-bond donors (Lipinski definition) is 2. The van der Waals surface area contributed by atoms with Crippen LogP contribution in [0.5, 0.6) is 0 Å². The van der Waals surface area contributed by atoms with Crippen LogP contribution < -0.4 is 5.48 Å². The zero-order chi connectivity index (χ0) is 15.9. The van der Waals surface area contributed by atoms with Gasteiger partial charge in [0.15, 0.2) is 0 Å². The number of unbranched alkanes of at least 4 members (excludes halogenated alkanes) is 1. The number of thioether (sulfide) groups is 1. The molecule has 1 aliphatic rings. The van der Waals surface area contributed by atoms with E-state index in [9.17, 15) is 14.4 Å². The van der Waals surface area contributed by atoms with Gasteiger partial charge in [0.1, 0.15) is 5.69 Å². The van der Waals surface area contributed by atoms with Crippen molar-refractivity contribution < 1.29 is 24.0 Å². The molecular formula is C13H15N3O5S. The number of aromatic nitrogens is 2. The lowest BCUT2D eigenvalue weighted by molar-refractivity contribution is 0.0339. The van der Waals surface area contributed by atoms with Gasteiger partial charge in [-0.15, -0.1) is 11.8 Å². The lowest BCUT2D eigenvalue weighted by Gasteiger charge is -2.10. The number of allylic oxidation sites excluding steroid dienone is 2. The number of fused-ring (bicyclic) bond motifs is 1. The van der Waals surface area contributed by atoms with Crippen molar-refractivity contribution in [2.75, 3.05) is 19.5 Å². The molecule has 0 saturated heterocycles. The maximum absolute atomic E-state index is 12.1. The number of H-pyrrole nitrogens is 1. The number of ether oxygens (including phenoxy) is 1. The molecule has 0 saturated carbocycles. The molecule has 118 valence electrons. The summed E-state index contributed by atoms with van der Waals surface area (Å²) in [6.45, 7) is 0.341. The lowest BCUT2D eigenvalue weighted by Crippen LogP contribution is -2.23. The molecule has 1 aromatic rings. The number of ketones is 2. The molecule has 0 spiro atoms. The van der Waals surface area contributed by atoms with Crippen molar-refractivity contribution in [3.8, 4) is 0 Å². The summed E-state index contributed by atoms with van der Waals surface area (Å²) in [4.78, 5) is 39.9. The fourth-order valence-corrected chi connectivity index (χ4v) is 2.75. The standard InChI is InChI=1S/C13H15N3O5S/c1-20-13(19)16-21-4-2-3-5-22-10-6-9(17)11-8(12(10)18)7-14-15-11/h6-7H,2-5H2,1H3,(H,14,15)(H,16,19). The SMILES string of the molecule is COC(=O)NOCCCCSC1=CC(=O)c2[nH]ncc2C1=O. The van der Waals surface area contributed by atoms with Gasteiger partial charge in [-0.1, -0.05) is 0 Å². The zero-order valence-electron chi connectivity index (χ0n) is 11.9. The molecule has 22 heavy (non-hydrogen) atoms. The molecule has 8 nitrogen and oxygen atoms in total. The number of hydroxylamine groups is 1. The lowest BCUT2D eigenvalue weighted by atomic mass is 10.0. The molecule has 9 heteroatoms. The van der Waals surface area contributed by atoms with E-state index in [2.05, 4.69) is 20.4 Å². The third kappa shape index (κ3) is 3.95. The molecule has 1 aliphatic carbocycles. The minimum absolute atomic E-state index is 0.183. The number of rotatable bonds is 7. The topological polar surface area (TPSA) is 110 Å². The molecule has 1 heterocycles. The van der Waals surface area contributed by atoms with Crippen molar-refractivity contribution in [1.82, 2.24) is 15.7 Å². The van der Waals surface area contributed by atoms with E-state index < -0.39 is 6.09 Å². The summed E-state index contributed by atoms with van der Waals surface area (Å²) in [5, 5.41) is 6.25. The summed E-state index contributed by atoms with van der Waals surface area (Å²) in [5.74, 6) is 0.247. The van der Waals surface area contributed by atoms with Gasteiger partial charge < -0.3 is 4.74 Å². The van der Waals surface area contributed by atoms with Crippen LogP contribution in [0, 0.1) is 0 Å². The van der Waals surface area contributed by atoms with Crippen molar-refractivity contribution >= 4 is 29.4 Å². The van der Waals surface area contributed by atoms with Crippen LogP contribution >= 0.6 is 11.8 Å². The van der Waals surface area contributed by atoms with E-state index in [0.717, 1.165) is 6.42 Å². The van der Waals surface area contributed by atoms with Crippen molar-refractivity contribution in [2.45, 2.75) is 12.8 Å². The van der Waals surface area contributed by atoms with Crippen LogP contribution in [0.25, 0.3) is 0 Å². The highest BCUT2D eigenvalue weighted by atomic mass is 32.2. The first-order valence-electron chi connectivity index (χ1n) is 6.56. The van der Waals surface area contributed by atoms with Gasteiger partial charge in [0.2, 0.25) is 11.6 Å². The molecule has 0 unspecified atom stereocenters. The van der Waals surface area contributed by atoms with Crippen LogP contribution in [-0.4, -0.2) is 47.3 Å². The van der Waals surface area contributed by atoms with Gasteiger partial charge >= 0.3 is 6.09 Å². The number of hydrogen-bond acceptors (Lipinski definition) is 7. The van der Waals surface area contributed by atoms with E-state index in [-0.39, 0.29) is 17.3 Å². The van der Waals surface area contributed by atoms with Gasteiger partial charge in [-0.3, -0.25) is 19.5 Å². The van der Waals surface area contributed by atoms with Gasteiger partial charge in [0.05, 0.1) is 30.4 Å². The van der Waals surface area contributed by atoms with Crippen molar-refractivity contribution in [3.63, 3.8) is 0 Å². The number of carbonyl (C=O) groups excluding carboxylic acids is 3. The number of methoxy groups -OCH3 is 1. The first-order chi connectivity index (χ1) is 10.6. The van der Waals surface area contributed by atoms with E-state index in [0.29, 0.717) is 29.2 Å². The Labute approximate surface area is 130 Å². The van der Waals surface area contributed by atoms with Crippen LogP contribution in [-0.2, 0) is 9.57 Å². The Balaban J connectivity index is 1.69. The summed E-state index contributed by atoms with van der Waals surface area (Å²) in [5.41, 5.74) is 2.67. The molecule has 2 N–H and O–H groups in total. The van der Waals surface area contributed by atoms with Crippen LogP contribution in [0.2, 0.25) is 0 Å². The monoisotopic (exact) mass is 325 g/mol. The van der Waals surface area contributed by atoms with Gasteiger partial charge in [0, 0.05) is 6.08 Å². The van der Waals surface area contributed by atoms with E-state index in [1.807, 2.05) is 0 Å². The van der Waals surface area contributed by atoms with E-state index in [1.54, 1.807) is 0 Å². The Morgan fingerprint density at radius 3 is 3.00 bits per heavy atom. The normalized spacial score (nSPS) is 13.6. The molecule has 0 bridgehead atoms. The Hall–Kier alpha value is -2.13. The number of amides is 1. The highest BCUT2D eigenvalue weighted by Crippen LogP contribution is 2.27. The van der Waals surface area contributed by atoms with Crippen LogP contribution in [0.3, 0.4) is 0 Å². The van der Waals surface area contributed by atoms with Gasteiger partial charge in [-0.25, -0.2) is 4.79 Å². The molecule has 0 fully saturated rings. The Kier molecular flexibility index (Phi) is 5.73. The van der Waals surface area contributed by atoms with E-state index in [4.69, 9.17) is 4.84 Å². The third-order valence-corrected chi connectivity index (χ3v) is 3.96. The molecule has 0 aliphatic heterocycles. The van der Waals surface area contributed by atoms with Crippen LogP contribution in [0.4, 0.5) is 4.79 Å². The Morgan fingerprint density at radius 1 is 1.41 bits per heavy atom. The average molecular weight is 325 g/mol. The summed E-state index contributed by atoms with van der Waals surface area (Å²) in [7, 11) is 1.25. The Morgan fingerprint density at radius 2 is 2.23 bits per heavy atom. The predicted molar refractivity (Wildman–Crippen MR) is 78.5 cm³/mol. The first kappa shape index (κ1) is 16.2. The van der Waals surface area contributed by atoms with Gasteiger partial charge in [-0.05, 0) is 18.6 Å². The number of Topliss-reactive ketones (excluding diaryl/α,β-unsaturated/α-hetero) is 1. The van der Waals surface area contributed by atoms with Crippen LogP contribution in [0.15, 0.2) is 17.2 Å². The second-order valence-corrected chi connectivity index (χ2v) is 5.50. The number of nitrogens with zero attached hydrogens (tertiary/aromatic N) is 1. The largest absolute Gasteiger partial charge is 0.451 e. The maximum Gasteiger partial charge on any atom is 0.431 e. The van der Waals surface area contributed by atoms with Crippen molar-refractivity contribution in [1.29, 1.82) is 0 Å². The minimum atomic E-state index is -0.651. The van der Waals surface area contributed by atoms with Crippen LogP contribution in [0.1, 0.15) is 33.7 Å². The summed E-state index contributed by atoms with van der Waals surface area (Å²) in [6, 6.07) is 0. The highest BCUT2D eigenvalue weighted by Gasteiger charge is 2.27. The molecule has 1 aromatic heterocycles. The second kappa shape index (κ2) is 7.76. The quantitative estimate of drug-likeness (QED) is 0.577. The third-order valence-electron chi connectivity index (χ3n) is 2.86. The van der Waals surface area contributed by atoms with Crippen molar-refractivity contribution in [2.24, 2.45) is 0 Å². The highest BCUT2D eigenvalue weighted by molar-refractivity contribution is 8.04. The predicted octanol–water partition coefficient (Wildman–Crippen LogP) is 1.47. The summed E-state index contributed by atoms with van der Waals surface area (Å²) >= 11 is 1.33. The zero-order valence-corrected chi connectivity index (χ0v) is 12.7. The number of nitrogens with one attached hydrogen (secondary N) is 2. The number of aromatic amines is 1. The fourth-order valence-electron chi connectivity index (χ4n) is 1.75. The number of carbonyl (C=O) groups is 3. The summed E-state index contributed by atoms with van der Waals surface area (Å²) < 4.78 is 4.34. The Bertz CT molecular complexity index is 611. The summed E-state index contributed by atoms with van der Waals surface area (Å²) in [6.07, 6.45) is 3.52. The maximum atomic E-state index is 12.1. The molecule has 0 radical (unpaired) electrons. The molecule has 1 amide bonds. The second-order valence-electron chi connectivity index (χ2n) is 4.36. The van der Waals surface area contributed by atoms with E-state index >= 15 is 0 Å². The van der Waals surface area contributed by atoms with Gasteiger partial charge in [0.25, 0.3) is 0 Å². The minimum Gasteiger partial charge on any atom is -0.451 e. The average Bonchev–Trinajstić information content (AvgIpc) is 3.01. The fraction of sp³-hybridized carbons (Fsp3) is 0.385. The molecule has 2 rings (SSSR count). The molecule has 0 aromatic carbocycles. The van der Waals surface area contributed by atoms with E-state index in [1.165, 1.54) is 31.1 Å².